The number of carboxylic acid groups (broad SMARTS) is 2. The Kier molecular flexibility index (Phi) is 5.56. The zero-order chi connectivity index (χ0) is 12.5. The molecule has 0 saturated heterocycles. The second-order valence-electron chi connectivity index (χ2n) is 2.77. The van der Waals surface area contributed by atoms with Gasteiger partial charge < -0.3 is 10.2 Å². The van der Waals surface area contributed by atoms with Crippen molar-refractivity contribution in [2.75, 3.05) is 0 Å². The summed E-state index contributed by atoms with van der Waals surface area (Å²) in [5.74, 6) is -3.29. The molecular formula is C8H6CaO7S. The van der Waals surface area contributed by atoms with E-state index in [2.05, 4.69) is 0 Å². The van der Waals surface area contributed by atoms with Crippen LogP contribution in [0, 0.1) is 0 Å². The Balaban J connectivity index is 0.00000256. The number of hydrogen-bond donors (Lipinski definition) is 3. The van der Waals surface area contributed by atoms with Crippen molar-refractivity contribution in [2.24, 2.45) is 0 Å². The van der Waals surface area contributed by atoms with Gasteiger partial charge in [0.05, 0.1) is 11.1 Å². The van der Waals surface area contributed by atoms with Crippen LogP contribution < -0.4 is 0 Å². The number of benzene rings is 1. The summed E-state index contributed by atoms with van der Waals surface area (Å²) in [6.45, 7) is 0. The van der Waals surface area contributed by atoms with Crippen molar-refractivity contribution >= 4 is 59.8 Å². The van der Waals surface area contributed by atoms with E-state index in [1.54, 1.807) is 0 Å². The molecule has 9 heteroatoms. The predicted octanol–water partition coefficient (Wildman–Crippen LogP) is -0.0511. The van der Waals surface area contributed by atoms with E-state index in [9.17, 15) is 18.0 Å². The normalized spacial score (nSPS) is 10.4. The number of hydrogen-bond acceptors (Lipinski definition) is 4. The van der Waals surface area contributed by atoms with E-state index in [1.165, 1.54) is 0 Å². The summed E-state index contributed by atoms with van der Waals surface area (Å²) in [5.41, 5.74) is -1.58. The molecule has 0 heterocycles. The first-order valence-corrected chi connectivity index (χ1v) is 5.26. The first-order chi connectivity index (χ1) is 7.25. The molecule has 3 N–H and O–H groups in total. The molecule has 1 rings (SSSR count). The van der Waals surface area contributed by atoms with Gasteiger partial charge in [-0.05, 0) is 12.1 Å². The Morgan fingerprint density at radius 3 is 1.59 bits per heavy atom. The molecule has 0 unspecified atom stereocenters. The van der Waals surface area contributed by atoms with Gasteiger partial charge in [-0.3, -0.25) is 4.55 Å². The SMILES string of the molecule is O=C(O)c1cccc(C(=O)O)c1S(=O)(=O)O.[Ca]. The second-order valence-corrected chi connectivity index (χ2v) is 4.13. The van der Waals surface area contributed by atoms with E-state index in [4.69, 9.17) is 14.8 Å². The van der Waals surface area contributed by atoms with Crippen LogP contribution >= 0.6 is 0 Å². The summed E-state index contributed by atoms with van der Waals surface area (Å²) in [5, 5.41) is 17.3. The molecule has 0 aliphatic carbocycles. The zero-order valence-electron chi connectivity index (χ0n) is 8.32. The van der Waals surface area contributed by atoms with Gasteiger partial charge in [-0.25, -0.2) is 9.59 Å². The van der Waals surface area contributed by atoms with Gasteiger partial charge in [-0.15, -0.1) is 0 Å². The molecule has 0 aliphatic rings. The second kappa shape index (κ2) is 5.78. The van der Waals surface area contributed by atoms with Gasteiger partial charge in [-0.2, -0.15) is 8.42 Å². The summed E-state index contributed by atoms with van der Waals surface area (Å²) in [6.07, 6.45) is 0. The first-order valence-electron chi connectivity index (χ1n) is 3.82. The molecule has 17 heavy (non-hydrogen) atoms. The monoisotopic (exact) mass is 286 g/mol. The summed E-state index contributed by atoms with van der Waals surface area (Å²) in [7, 11) is -4.92. The van der Waals surface area contributed by atoms with Crippen molar-refractivity contribution in [2.45, 2.75) is 4.90 Å². The molecular weight excluding hydrogens is 280 g/mol. The van der Waals surface area contributed by atoms with Gasteiger partial charge in [0.15, 0.2) is 0 Å². The minimum absolute atomic E-state index is 0. The molecule has 0 aromatic heterocycles. The molecule has 0 saturated carbocycles. The van der Waals surface area contributed by atoms with Crippen LogP contribution in [0.1, 0.15) is 20.7 Å². The Morgan fingerprint density at radius 2 is 1.35 bits per heavy atom. The summed E-state index contributed by atoms with van der Waals surface area (Å²) in [6, 6.07) is 2.84. The maximum absolute atomic E-state index is 10.9. The quantitative estimate of drug-likeness (QED) is 0.524. The van der Waals surface area contributed by atoms with E-state index >= 15 is 0 Å². The first kappa shape index (κ1) is 16.3. The van der Waals surface area contributed by atoms with Crippen LogP contribution in [-0.4, -0.2) is 72.9 Å². The van der Waals surface area contributed by atoms with Crippen LogP contribution in [0.2, 0.25) is 0 Å². The molecule has 0 fully saturated rings. The van der Waals surface area contributed by atoms with Crippen molar-refractivity contribution in [3.8, 4) is 0 Å². The fourth-order valence-electron chi connectivity index (χ4n) is 1.15. The Morgan fingerprint density at radius 1 is 1.00 bits per heavy atom. The number of carbonyl (C=O) groups is 2. The molecule has 0 aliphatic heterocycles. The fourth-order valence-corrected chi connectivity index (χ4v) is 2.02. The number of aromatic carboxylic acids is 2. The van der Waals surface area contributed by atoms with E-state index in [-0.39, 0.29) is 37.7 Å². The van der Waals surface area contributed by atoms with Crippen molar-refractivity contribution in [1.29, 1.82) is 0 Å². The smallest absolute Gasteiger partial charge is 0.337 e. The number of carboxylic acids is 2. The zero-order valence-corrected chi connectivity index (χ0v) is 11.3. The molecule has 88 valence electrons. The van der Waals surface area contributed by atoms with Crippen molar-refractivity contribution in [1.82, 2.24) is 0 Å². The maximum Gasteiger partial charge on any atom is 0.337 e. The van der Waals surface area contributed by atoms with Crippen LogP contribution in [0.4, 0.5) is 0 Å². The summed E-state index contributed by atoms with van der Waals surface area (Å²) >= 11 is 0. The summed E-state index contributed by atoms with van der Waals surface area (Å²) in [4.78, 5) is 20.2. The topological polar surface area (TPSA) is 129 Å². The van der Waals surface area contributed by atoms with Gasteiger partial charge in [0.2, 0.25) is 0 Å². The standard InChI is InChI=1S/C8H6O7S.Ca/c9-7(10)4-2-1-3-5(8(11)12)6(4)16(13,14)15;/h1-3H,(H,9,10)(H,11,12)(H,13,14,15);. The third-order valence-corrected chi connectivity index (χ3v) is 2.69. The Bertz CT molecular complexity index is 531. The van der Waals surface area contributed by atoms with Crippen LogP contribution in [0.3, 0.4) is 0 Å². The average Bonchev–Trinajstić information content (AvgIpc) is 2.15. The van der Waals surface area contributed by atoms with E-state index in [1.807, 2.05) is 0 Å². The van der Waals surface area contributed by atoms with Crippen LogP contribution in [-0.2, 0) is 10.1 Å². The minimum Gasteiger partial charge on any atom is -0.478 e. The molecule has 1 aromatic rings. The van der Waals surface area contributed by atoms with Crippen LogP contribution in [0.15, 0.2) is 23.1 Å². The fraction of sp³-hybridized carbons (Fsp3) is 0. The van der Waals surface area contributed by atoms with Crippen LogP contribution in [0.5, 0.6) is 0 Å². The maximum atomic E-state index is 10.9. The van der Waals surface area contributed by atoms with Gasteiger partial charge in [0, 0.05) is 37.7 Å². The van der Waals surface area contributed by atoms with Crippen molar-refractivity contribution in [3.63, 3.8) is 0 Å². The van der Waals surface area contributed by atoms with E-state index < -0.39 is 38.1 Å². The number of rotatable bonds is 3. The molecule has 0 bridgehead atoms. The molecule has 0 spiro atoms. The molecule has 0 atom stereocenters. The predicted molar refractivity (Wildman–Crippen MR) is 55.9 cm³/mol. The van der Waals surface area contributed by atoms with Gasteiger partial charge >= 0.3 is 11.9 Å². The van der Waals surface area contributed by atoms with Gasteiger partial charge in [0.25, 0.3) is 10.1 Å². The largest absolute Gasteiger partial charge is 0.478 e. The summed E-state index contributed by atoms with van der Waals surface area (Å²) < 4.78 is 30.6. The van der Waals surface area contributed by atoms with Crippen molar-refractivity contribution in [3.05, 3.63) is 29.3 Å². The molecule has 7 nitrogen and oxygen atoms in total. The van der Waals surface area contributed by atoms with Crippen LogP contribution in [0.25, 0.3) is 0 Å². The van der Waals surface area contributed by atoms with Gasteiger partial charge in [-0.1, -0.05) is 6.07 Å². The molecule has 0 amide bonds. The van der Waals surface area contributed by atoms with E-state index in [0.717, 1.165) is 18.2 Å². The Hall–Kier alpha value is -0.670. The van der Waals surface area contributed by atoms with E-state index in [0.29, 0.717) is 0 Å². The van der Waals surface area contributed by atoms with Gasteiger partial charge in [0.1, 0.15) is 4.90 Å². The minimum atomic E-state index is -4.92. The molecule has 1 aromatic carbocycles. The third-order valence-electron chi connectivity index (χ3n) is 1.73. The molecule has 2 radical (unpaired) electrons. The Labute approximate surface area is 126 Å². The third kappa shape index (κ3) is 3.65. The van der Waals surface area contributed by atoms with Crippen molar-refractivity contribution < 1.29 is 32.8 Å². The average molecular weight is 286 g/mol.